The molecule has 2 aromatic carbocycles. The molecule has 34 heavy (non-hydrogen) atoms. The maximum atomic E-state index is 12.5. The van der Waals surface area contributed by atoms with Crippen LogP contribution in [0.3, 0.4) is 0 Å². The summed E-state index contributed by atoms with van der Waals surface area (Å²) in [5.74, 6) is -0.448. The van der Waals surface area contributed by atoms with Gasteiger partial charge in [-0.25, -0.2) is 0 Å². The van der Waals surface area contributed by atoms with Crippen molar-refractivity contribution in [3.63, 3.8) is 0 Å². The van der Waals surface area contributed by atoms with Gasteiger partial charge >= 0.3 is 0 Å². The second kappa shape index (κ2) is 11.2. The lowest BCUT2D eigenvalue weighted by Crippen LogP contribution is -2.31. The normalized spacial score (nSPS) is 12.2. The molecule has 0 aliphatic carbocycles. The summed E-state index contributed by atoms with van der Waals surface area (Å²) in [7, 11) is 0. The summed E-state index contributed by atoms with van der Waals surface area (Å²) in [5, 5.41) is 9.60. The van der Waals surface area contributed by atoms with Crippen LogP contribution in [0.15, 0.2) is 78.2 Å². The second-order valence-electron chi connectivity index (χ2n) is 8.69. The molecule has 8 heteroatoms. The Labute approximate surface area is 199 Å². The Morgan fingerprint density at radius 2 is 1.56 bits per heavy atom. The molecule has 3 rings (SSSR count). The van der Waals surface area contributed by atoms with Crippen molar-refractivity contribution >= 4 is 23.7 Å². The molecule has 1 atom stereocenters. The number of nitrogens with zero attached hydrogens (tertiary/aromatic N) is 2. The highest BCUT2D eigenvalue weighted by Crippen LogP contribution is 2.14. The van der Waals surface area contributed by atoms with E-state index in [1.165, 1.54) is 0 Å². The van der Waals surface area contributed by atoms with Gasteiger partial charge in [-0.3, -0.25) is 14.6 Å². The van der Waals surface area contributed by atoms with Gasteiger partial charge in [-0.2, -0.15) is 0 Å². The highest BCUT2D eigenvalue weighted by atomic mass is 16.6. The summed E-state index contributed by atoms with van der Waals surface area (Å²) < 4.78 is 0. The van der Waals surface area contributed by atoms with Crippen molar-refractivity contribution < 1.29 is 14.4 Å². The number of hydrogen-bond donors (Lipinski definition) is 3. The van der Waals surface area contributed by atoms with Crippen molar-refractivity contribution in [3.05, 3.63) is 95.3 Å². The first-order valence-electron chi connectivity index (χ1n) is 10.9. The minimum absolute atomic E-state index is 0.224. The number of amides is 2. The average Bonchev–Trinajstić information content (AvgIpc) is 2.82. The Bertz CT molecular complexity index is 1120. The lowest BCUT2D eigenvalue weighted by atomic mass is 10.0. The van der Waals surface area contributed by atoms with E-state index in [-0.39, 0.29) is 24.0 Å². The number of benzene rings is 2. The van der Waals surface area contributed by atoms with E-state index in [4.69, 9.17) is 10.6 Å². The van der Waals surface area contributed by atoms with Gasteiger partial charge in [0.05, 0.1) is 6.21 Å². The van der Waals surface area contributed by atoms with Gasteiger partial charge < -0.3 is 21.2 Å². The van der Waals surface area contributed by atoms with Crippen LogP contribution in [-0.2, 0) is 4.84 Å². The Hall–Kier alpha value is -4.04. The van der Waals surface area contributed by atoms with Gasteiger partial charge in [-0.05, 0) is 68.3 Å². The van der Waals surface area contributed by atoms with E-state index in [2.05, 4.69) is 20.8 Å². The van der Waals surface area contributed by atoms with E-state index >= 15 is 0 Å². The van der Waals surface area contributed by atoms with E-state index < -0.39 is 6.04 Å². The Balaban J connectivity index is 1.50. The summed E-state index contributed by atoms with van der Waals surface area (Å²) in [4.78, 5) is 34.1. The van der Waals surface area contributed by atoms with Crippen LogP contribution in [0.5, 0.6) is 0 Å². The van der Waals surface area contributed by atoms with Crippen molar-refractivity contribution in [1.82, 2.24) is 10.3 Å². The zero-order valence-corrected chi connectivity index (χ0v) is 19.5. The Kier molecular flexibility index (Phi) is 8.10. The third-order valence-corrected chi connectivity index (χ3v) is 4.72. The first-order chi connectivity index (χ1) is 16.2. The predicted molar refractivity (Wildman–Crippen MR) is 133 cm³/mol. The van der Waals surface area contributed by atoms with Crippen LogP contribution in [-0.4, -0.2) is 35.2 Å². The molecule has 1 unspecified atom stereocenters. The molecule has 1 heterocycles. The molecule has 0 spiro atoms. The van der Waals surface area contributed by atoms with Crippen LogP contribution in [0.25, 0.3) is 0 Å². The lowest BCUT2D eigenvalue weighted by Gasteiger charge is -2.15. The van der Waals surface area contributed by atoms with Gasteiger partial charge in [0.15, 0.2) is 0 Å². The molecular formula is C26H29N5O3. The molecule has 4 N–H and O–H groups in total. The monoisotopic (exact) mass is 459 g/mol. The van der Waals surface area contributed by atoms with Crippen LogP contribution < -0.4 is 16.4 Å². The molecular weight excluding hydrogens is 430 g/mol. The molecule has 0 aliphatic rings. The second-order valence-corrected chi connectivity index (χ2v) is 8.69. The quantitative estimate of drug-likeness (QED) is 0.349. The molecule has 0 bridgehead atoms. The standard InChI is InChI=1S/C26H29N5O3/c1-26(2,3)34-30-16-18-4-6-20(7-5-18)24(32)29-17-23(27)19-8-10-21(11-9-19)25(33)31-22-12-14-28-15-13-22/h4-16,23H,17,27H2,1-3H3,(H,29,32)(H,28,31,33)/b30-16+. The number of hydrogen-bond acceptors (Lipinski definition) is 6. The smallest absolute Gasteiger partial charge is 0.255 e. The van der Waals surface area contributed by atoms with E-state index in [9.17, 15) is 9.59 Å². The molecule has 0 saturated heterocycles. The third-order valence-electron chi connectivity index (χ3n) is 4.72. The Morgan fingerprint density at radius 3 is 2.18 bits per heavy atom. The van der Waals surface area contributed by atoms with Crippen LogP contribution in [0.1, 0.15) is 58.7 Å². The number of rotatable bonds is 8. The summed E-state index contributed by atoms with van der Waals surface area (Å²) in [5.41, 5.74) is 9.20. The molecule has 176 valence electrons. The summed E-state index contributed by atoms with van der Waals surface area (Å²) in [6, 6.07) is 17.0. The van der Waals surface area contributed by atoms with Gasteiger partial charge in [0.1, 0.15) is 5.60 Å². The largest absolute Gasteiger partial charge is 0.390 e. The number of oxime groups is 1. The number of nitrogens with one attached hydrogen (secondary N) is 2. The summed E-state index contributed by atoms with van der Waals surface area (Å²) >= 11 is 0. The summed E-state index contributed by atoms with van der Waals surface area (Å²) in [6.45, 7) is 6.00. The molecule has 2 amide bonds. The van der Waals surface area contributed by atoms with E-state index in [1.807, 2.05) is 20.8 Å². The maximum absolute atomic E-state index is 12.5. The number of pyridine rings is 1. The first kappa shape index (κ1) is 24.6. The third kappa shape index (κ3) is 7.53. The Morgan fingerprint density at radius 1 is 0.971 bits per heavy atom. The van der Waals surface area contributed by atoms with E-state index in [0.717, 1.165) is 11.1 Å². The van der Waals surface area contributed by atoms with E-state index in [0.29, 0.717) is 16.8 Å². The zero-order valence-electron chi connectivity index (χ0n) is 19.5. The van der Waals surface area contributed by atoms with Gasteiger partial charge in [0, 0.05) is 41.8 Å². The first-order valence-corrected chi connectivity index (χ1v) is 10.9. The fourth-order valence-electron chi connectivity index (χ4n) is 2.91. The lowest BCUT2D eigenvalue weighted by molar-refractivity contribution is 0.00199. The van der Waals surface area contributed by atoms with Crippen molar-refractivity contribution in [2.45, 2.75) is 32.4 Å². The molecule has 0 radical (unpaired) electrons. The summed E-state index contributed by atoms with van der Waals surface area (Å²) in [6.07, 6.45) is 4.82. The van der Waals surface area contributed by atoms with Crippen LogP contribution >= 0.6 is 0 Å². The number of nitrogens with two attached hydrogens (primary N) is 1. The number of carbonyl (C=O) groups excluding carboxylic acids is 2. The number of carbonyl (C=O) groups is 2. The minimum atomic E-state index is -0.415. The van der Waals surface area contributed by atoms with E-state index in [1.54, 1.807) is 79.3 Å². The topological polar surface area (TPSA) is 119 Å². The SMILES string of the molecule is CC(C)(C)O/N=C/c1ccc(C(=O)NCC(N)c2ccc(C(=O)Nc3ccncc3)cc2)cc1. The maximum Gasteiger partial charge on any atom is 0.255 e. The molecule has 8 nitrogen and oxygen atoms in total. The van der Waals surface area contributed by atoms with Crippen LogP contribution in [0.4, 0.5) is 5.69 Å². The van der Waals surface area contributed by atoms with Crippen molar-refractivity contribution in [3.8, 4) is 0 Å². The zero-order chi connectivity index (χ0) is 24.6. The number of anilines is 1. The molecule has 0 fully saturated rings. The van der Waals surface area contributed by atoms with Crippen LogP contribution in [0, 0.1) is 0 Å². The highest BCUT2D eigenvalue weighted by molar-refractivity contribution is 6.04. The number of aromatic nitrogens is 1. The van der Waals surface area contributed by atoms with Crippen molar-refractivity contribution in [1.29, 1.82) is 0 Å². The fourth-order valence-corrected chi connectivity index (χ4v) is 2.91. The van der Waals surface area contributed by atoms with Crippen molar-refractivity contribution in [2.24, 2.45) is 10.9 Å². The fraction of sp³-hybridized carbons (Fsp3) is 0.231. The van der Waals surface area contributed by atoms with Crippen molar-refractivity contribution in [2.75, 3.05) is 11.9 Å². The molecule has 1 aromatic heterocycles. The van der Waals surface area contributed by atoms with Gasteiger partial charge in [-0.1, -0.05) is 29.4 Å². The minimum Gasteiger partial charge on any atom is -0.390 e. The molecule has 3 aromatic rings. The van der Waals surface area contributed by atoms with Crippen LogP contribution in [0.2, 0.25) is 0 Å². The molecule has 0 saturated carbocycles. The molecule has 0 aliphatic heterocycles. The highest BCUT2D eigenvalue weighted by Gasteiger charge is 2.12. The van der Waals surface area contributed by atoms with Gasteiger partial charge in [0.2, 0.25) is 0 Å². The van der Waals surface area contributed by atoms with Gasteiger partial charge in [-0.15, -0.1) is 0 Å². The van der Waals surface area contributed by atoms with Gasteiger partial charge in [0.25, 0.3) is 11.8 Å². The predicted octanol–water partition coefficient (Wildman–Crippen LogP) is 3.91. The average molecular weight is 460 g/mol.